The van der Waals surface area contributed by atoms with Gasteiger partial charge in [0.05, 0.1) is 22.1 Å². The molecule has 0 bridgehead atoms. The molecule has 0 atom stereocenters. The van der Waals surface area contributed by atoms with Gasteiger partial charge in [-0.15, -0.1) is 0 Å². The van der Waals surface area contributed by atoms with Gasteiger partial charge in [0.1, 0.15) is 0 Å². The summed E-state index contributed by atoms with van der Waals surface area (Å²) < 4.78 is 4.90. The van der Waals surface area contributed by atoms with Crippen molar-refractivity contribution in [2.24, 2.45) is 0 Å². The minimum atomic E-state index is 1.15. The Hall–Kier alpha value is -7.42. The molecular formula is C54H34N2. The Bertz CT molecular complexity index is 3490. The fourth-order valence-corrected chi connectivity index (χ4v) is 9.44. The van der Waals surface area contributed by atoms with Gasteiger partial charge in [-0.3, -0.25) is 0 Å². The standard InChI is InChI=1S/C54H34N2/c1-2-14-35(15-3-1)36-16-12-17-38(32-36)56-50-25-10-8-22-46(50)47-30-28-37(33-53(47)56)40-24-13-27-52-54(40)48-23-9-11-26-51(48)55(52)39-29-31-45-43-20-5-4-18-41(43)42-19-6-7-21-44(42)49(45)34-39/h1-34H. The second kappa shape index (κ2) is 12.0. The van der Waals surface area contributed by atoms with Crippen LogP contribution in [0.1, 0.15) is 0 Å². The third-order valence-electron chi connectivity index (χ3n) is 11.9. The topological polar surface area (TPSA) is 9.86 Å². The van der Waals surface area contributed by atoms with Gasteiger partial charge in [0.25, 0.3) is 0 Å². The zero-order valence-corrected chi connectivity index (χ0v) is 30.5. The summed E-state index contributed by atoms with van der Waals surface area (Å²) in [5.41, 5.74) is 12.0. The van der Waals surface area contributed by atoms with Crippen molar-refractivity contribution in [1.82, 2.24) is 9.13 Å². The molecule has 12 aromatic rings. The van der Waals surface area contributed by atoms with E-state index in [1.165, 1.54) is 98.2 Å². The van der Waals surface area contributed by atoms with Crippen molar-refractivity contribution in [2.75, 3.05) is 0 Å². The summed E-state index contributed by atoms with van der Waals surface area (Å²) in [4.78, 5) is 0. The van der Waals surface area contributed by atoms with Crippen LogP contribution >= 0.6 is 0 Å². The van der Waals surface area contributed by atoms with Crippen molar-refractivity contribution in [3.63, 3.8) is 0 Å². The van der Waals surface area contributed by atoms with Gasteiger partial charge in [-0.2, -0.15) is 0 Å². The minimum Gasteiger partial charge on any atom is -0.309 e. The van der Waals surface area contributed by atoms with Crippen molar-refractivity contribution in [1.29, 1.82) is 0 Å². The lowest BCUT2D eigenvalue weighted by Crippen LogP contribution is -1.95. The Labute approximate surface area is 323 Å². The van der Waals surface area contributed by atoms with E-state index in [1.54, 1.807) is 0 Å². The molecule has 0 unspecified atom stereocenters. The van der Waals surface area contributed by atoms with E-state index in [1.807, 2.05) is 0 Å². The number of aromatic nitrogens is 2. The molecule has 260 valence electrons. The molecule has 0 fully saturated rings. The summed E-state index contributed by atoms with van der Waals surface area (Å²) in [5, 5.41) is 12.7. The molecule has 12 rings (SSSR count). The van der Waals surface area contributed by atoms with Crippen molar-refractivity contribution < 1.29 is 0 Å². The van der Waals surface area contributed by atoms with E-state index in [0.29, 0.717) is 0 Å². The highest BCUT2D eigenvalue weighted by Crippen LogP contribution is 2.43. The van der Waals surface area contributed by atoms with Crippen LogP contribution < -0.4 is 0 Å². The Kier molecular flexibility index (Phi) is 6.66. The maximum absolute atomic E-state index is 2.46. The number of nitrogens with zero attached hydrogens (tertiary/aromatic N) is 2. The monoisotopic (exact) mass is 710 g/mol. The molecule has 0 aliphatic carbocycles. The van der Waals surface area contributed by atoms with Crippen LogP contribution in [-0.2, 0) is 0 Å². The summed E-state index contributed by atoms with van der Waals surface area (Å²) in [5.74, 6) is 0. The molecule has 0 aliphatic rings. The first-order chi connectivity index (χ1) is 27.8. The van der Waals surface area contributed by atoms with Crippen LogP contribution in [0.4, 0.5) is 0 Å². The molecule has 0 radical (unpaired) electrons. The van der Waals surface area contributed by atoms with E-state index in [-0.39, 0.29) is 0 Å². The van der Waals surface area contributed by atoms with Crippen molar-refractivity contribution in [2.45, 2.75) is 0 Å². The molecule has 0 aliphatic heterocycles. The third-order valence-corrected chi connectivity index (χ3v) is 11.9. The minimum absolute atomic E-state index is 1.15. The fourth-order valence-electron chi connectivity index (χ4n) is 9.44. The van der Waals surface area contributed by atoms with Gasteiger partial charge in [0, 0.05) is 32.9 Å². The number of fused-ring (bicyclic) bond motifs is 12. The van der Waals surface area contributed by atoms with Gasteiger partial charge < -0.3 is 9.13 Å². The molecule has 2 heteroatoms. The predicted molar refractivity (Wildman–Crippen MR) is 239 cm³/mol. The molecule has 2 nitrogen and oxygen atoms in total. The fraction of sp³-hybridized carbons (Fsp3) is 0. The van der Waals surface area contributed by atoms with Gasteiger partial charge in [0.2, 0.25) is 0 Å². The molecule has 0 saturated heterocycles. The highest BCUT2D eigenvalue weighted by Gasteiger charge is 2.19. The van der Waals surface area contributed by atoms with Crippen LogP contribution in [0.5, 0.6) is 0 Å². The highest BCUT2D eigenvalue weighted by molar-refractivity contribution is 6.26. The summed E-state index contributed by atoms with van der Waals surface area (Å²) in [6, 6.07) is 75.7. The lowest BCUT2D eigenvalue weighted by Gasteiger charge is -2.14. The second-order valence-corrected chi connectivity index (χ2v) is 14.9. The Morgan fingerprint density at radius 2 is 0.732 bits per heavy atom. The number of rotatable bonds is 4. The predicted octanol–water partition coefficient (Wildman–Crippen LogP) is 14.7. The molecule has 0 saturated carbocycles. The van der Waals surface area contributed by atoms with E-state index >= 15 is 0 Å². The lowest BCUT2D eigenvalue weighted by molar-refractivity contribution is 1.18. The maximum atomic E-state index is 2.46. The largest absolute Gasteiger partial charge is 0.309 e. The zero-order valence-electron chi connectivity index (χ0n) is 30.5. The first-order valence-corrected chi connectivity index (χ1v) is 19.4. The van der Waals surface area contributed by atoms with Gasteiger partial charge in [0.15, 0.2) is 0 Å². The number of hydrogen-bond acceptors (Lipinski definition) is 0. The number of benzene rings is 10. The molecule has 2 aromatic heterocycles. The lowest BCUT2D eigenvalue weighted by atomic mass is 9.94. The zero-order chi connectivity index (χ0) is 36.7. The normalized spacial score (nSPS) is 11.9. The Balaban J connectivity index is 1.10. The smallest absolute Gasteiger partial charge is 0.0547 e. The van der Waals surface area contributed by atoms with Crippen LogP contribution in [0.15, 0.2) is 206 Å². The Morgan fingerprint density at radius 1 is 0.232 bits per heavy atom. The summed E-state index contributed by atoms with van der Waals surface area (Å²) >= 11 is 0. The van der Waals surface area contributed by atoms with Crippen LogP contribution in [0, 0.1) is 0 Å². The first kappa shape index (κ1) is 31.0. The van der Waals surface area contributed by atoms with Crippen molar-refractivity contribution >= 4 is 75.9 Å². The molecule has 0 amide bonds. The van der Waals surface area contributed by atoms with E-state index in [4.69, 9.17) is 0 Å². The molecule has 10 aromatic carbocycles. The molecule has 0 N–H and O–H groups in total. The number of hydrogen-bond donors (Lipinski definition) is 0. The first-order valence-electron chi connectivity index (χ1n) is 19.4. The van der Waals surface area contributed by atoms with E-state index in [2.05, 4.69) is 215 Å². The van der Waals surface area contributed by atoms with E-state index in [0.717, 1.165) is 11.4 Å². The average Bonchev–Trinajstić information content (AvgIpc) is 3.79. The molecular weight excluding hydrogens is 677 g/mol. The molecule has 56 heavy (non-hydrogen) atoms. The average molecular weight is 711 g/mol. The number of para-hydroxylation sites is 2. The van der Waals surface area contributed by atoms with Crippen LogP contribution in [-0.4, -0.2) is 9.13 Å². The van der Waals surface area contributed by atoms with Crippen molar-refractivity contribution in [3.05, 3.63) is 206 Å². The summed E-state index contributed by atoms with van der Waals surface area (Å²) in [6.07, 6.45) is 0. The quantitative estimate of drug-likeness (QED) is 0.161. The van der Waals surface area contributed by atoms with Gasteiger partial charge in [-0.25, -0.2) is 0 Å². The second-order valence-electron chi connectivity index (χ2n) is 14.9. The van der Waals surface area contributed by atoms with E-state index in [9.17, 15) is 0 Å². The highest BCUT2D eigenvalue weighted by atomic mass is 15.0. The summed E-state index contributed by atoms with van der Waals surface area (Å²) in [7, 11) is 0. The molecule has 0 spiro atoms. The third kappa shape index (κ3) is 4.50. The van der Waals surface area contributed by atoms with E-state index < -0.39 is 0 Å². The van der Waals surface area contributed by atoms with Crippen molar-refractivity contribution in [3.8, 4) is 33.6 Å². The van der Waals surface area contributed by atoms with Gasteiger partial charge in [-0.05, 0) is 103 Å². The Morgan fingerprint density at radius 3 is 1.48 bits per heavy atom. The van der Waals surface area contributed by atoms with Crippen LogP contribution in [0.3, 0.4) is 0 Å². The SMILES string of the molecule is c1ccc(-c2cccc(-n3c4ccccc4c4ccc(-c5cccc6c5c5ccccc5n6-c5ccc6c7ccccc7c7ccccc7c6c5)cc43)c2)cc1. The summed E-state index contributed by atoms with van der Waals surface area (Å²) in [6.45, 7) is 0. The van der Waals surface area contributed by atoms with Crippen LogP contribution in [0.2, 0.25) is 0 Å². The van der Waals surface area contributed by atoms with Gasteiger partial charge >= 0.3 is 0 Å². The van der Waals surface area contributed by atoms with Crippen LogP contribution in [0.25, 0.3) is 110 Å². The van der Waals surface area contributed by atoms with Gasteiger partial charge in [-0.1, -0.05) is 158 Å². The maximum Gasteiger partial charge on any atom is 0.0547 e. The molecule has 2 heterocycles.